The van der Waals surface area contributed by atoms with Crippen LogP contribution in [0, 0.1) is 5.82 Å². The zero-order chi connectivity index (χ0) is 19.7. The highest BCUT2D eigenvalue weighted by Crippen LogP contribution is 2.31. The Hall–Kier alpha value is -2.71. The molecule has 1 fully saturated rings. The summed E-state index contributed by atoms with van der Waals surface area (Å²) in [7, 11) is 0. The molecule has 2 aliphatic heterocycles. The maximum Gasteiger partial charge on any atom is 0.324 e. The Bertz CT molecular complexity index is 791. The van der Waals surface area contributed by atoms with Gasteiger partial charge < -0.3 is 14.5 Å². The fraction of sp³-hybridized carbons (Fsp3) is 0.474. The molecule has 0 aromatic carbocycles. The summed E-state index contributed by atoms with van der Waals surface area (Å²) in [5, 5.41) is 0. The average Bonchev–Trinajstić information content (AvgIpc) is 2.73. The summed E-state index contributed by atoms with van der Waals surface area (Å²) in [5.41, 5.74) is 0.506. The van der Waals surface area contributed by atoms with Crippen LogP contribution < -0.4 is 4.90 Å². The Balaban J connectivity index is 1.45. The number of hydrogen-bond donors (Lipinski definition) is 0. The minimum absolute atomic E-state index is 0.0100. The van der Waals surface area contributed by atoms with E-state index in [1.165, 1.54) is 29.3 Å². The quantitative estimate of drug-likeness (QED) is 0.774. The summed E-state index contributed by atoms with van der Waals surface area (Å²) >= 11 is 0. The Kier molecular flexibility index (Phi) is 5.15. The van der Waals surface area contributed by atoms with Gasteiger partial charge in [-0.05, 0) is 24.3 Å². The number of nitrogens with zero attached hydrogens (tertiary/aromatic N) is 4. The molecule has 0 spiro atoms. The van der Waals surface area contributed by atoms with Crippen molar-refractivity contribution in [1.29, 1.82) is 0 Å². The van der Waals surface area contributed by atoms with Crippen molar-refractivity contribution in [2.24, 2.45) is 0 Å². The van der Waals surface area contributed by atoms with Gasteiger partial charge in [0, 0.05) is 32.6 Å². The van der Waals surface area contributed by atoms with Crippen molar-refractivity contribution in [3.63, 3.8) is 0 Å². The second kappa shape index (κ2) is 7.73. The van der Waals surface area contributed by atoms with Gasteiger partial charge in [0.15, 0.2) is 0 Å². The predicted octanol–water partition coefficient (Wildman–Crippen LogP) is 2.64. The molecular weight excluding hydrogens is 373 g/mol. The normalized spacial score (nSPS) is 24.9. The molecule has 2 unspecified atom stereocenters. The van der Waals surface area contributed by atoms with E-state index in [1.54, 1.807) is 11.0 Å². The summed E-state index contributed by atoms with van der Waals surface area (Å²) in [5.74, 6) is 0.588. The third-order valence-electron chi connectivity index (χ3n) is 5.10. The highest BCUT2D eigenvalue weighted by Gasteiger charge is 2.36. The van der Waals surface area contributed by atoms with E-state index >= 15 is 0 Å². The zero-order valence-corrected chi connectivity index (χ0v) is 15.2. The maximum absolute atomic E-state index is 13.7. The molecule has 6 nitrogen and oxygen atoms in total. The molecule has 1 aromatic heterocycles. The summed E-state index contributed by atoms with van der Waals surface area (Å²) in [6.07, 6.45) is 2.12. The maximum atomic E-state index is 13.7. The Morgan fingerprint density at radius 1 is 1.25 bits per heavy atom. The average molecular weight is 394 g/mol. The van der Waals surface area contributed by atoms with E-state index in [0.717, 1.165) is 0 Å². The minimum atomic E-state index is -1.19. The third-order valence-corrected chi connectivity index (χ3v) is 5.10. The largest absolute Gasteiger partial charge is 0.488 e. The number of rotatable bonds is 2. The number of carbonyl (C=O) groups is 1. The number of carbonyl (C=O) groups excluding carboxylic acids is 1. The van der Waals surface area contributed by atoms with Gasteiger partial charge in [-0.2, -0.15) is 0 Å². The smallest absolute Gasteiger partial charge is 0.324 e. The van der Waals surface area contributed by atoms with Crippen LogP contribution in [0.3, 0.4) is 0 Å². The van der Waals surface area contributed by atoms with Crippen LogP contribution in [0.1, 0.15) is 6.42 Å². The number of piperazine rings is 1. The number of hydrogen-bond acceptors (Lipinski definition) is 4. The van der Waals surface area contributed by atoms with Crippen molar-refractivity contribution in [2.75, 3.05) is 44.3 Å². The fourth-order valence-electron chi connectivity index (χ4n) is 3.64. The number of aromatic nitrogens is 1. The van der Waals surface area contributed by atoms with Gasteiger partial charge in [0.1, 0.15) is 36.3 Å². The monoisotopic (exact) mass is 394 g/mol. The van der Waals surface area contributed by atoms with E-state index in [-0.39, 0.29) is 19.0 Å². The number of amides is 2. The van der Waals surface area contributed by atoms with Gasteiger partial charge in [-0.1, -0.05) is 0 Å². The Morgan fingerprint density at radius 3 is 2.71 bits per heavy atom. The zero-order valence-electron chi connectivity index (χ0n) is 15.2. The molecule has 3 aliphatic rings. The second-order valence-electron chi connectivity index (χ2n) is 6.98. The van der Waals surface area contributed by atoms with E-state index in [9.17, 15) is 18.0 Å². The highest BCUT2D eigenvalue weighted by atomic mass is 19.1. The lowest BCUT2D eigenvalue weighted by Gasteiger charge is -2.41. The van der Waals surface area contributed by atoms with Gasteiger partial charge in [0.05, 0.1) is 18.4 Å². The molecule has 150 valence electrons. The third kappa shape index (κ3) is 3.65. The van der Waals surface area contributed by atoms with E-state index in [1.807, 2.05) is 4.90 Å². The standard InChI is InChI=1S/C19H21F3N4O2/c20-10-15-12-26(16-3-1-13(21)9-17(16)28-15)19(27)25-7-5-24(6-8-25)18-4-2-14(22)11-23-18/h1-4,11,13,15H,5-10,12H2. The van der Waals surface area contributed by atoms with E-state index in [0.29, 0.717) is 43.5 Å². The lowest BCUT2D eigenvalue weighted by molar-refractivity contribution is 0.0293. The van der Waals surface area contributed by atoms with Crippen LogP contribution in [0.4, 0.5) is 23.8 Å². The van der Waals surface area contributed by atoms with Crippen LogP contribution >= 0.6 is 0 Å². The highest BCUT2D eigenvalue weighted by molar-refractivity contribution is 5.78. The first-order valence-corrected chi connectivity index (χ1v) is 9.26. The van der Waals surface area contributed by atoms with Crippen molar-refractivity contribution >= 4 is 11.8 Å². The number of halogens is 3. The molecule has 2 atom stereocenters. The van der Waals surface area contributed by atoms with Crippen molar-refractivity contribution in [1.82, 2.24) is 14.8 Å². The molecular formula is C19H21F3N4O2. The minimum Gasteiger partial charge on any atom is -0.488 e. The molecule has 9 heteroatoms. The SMILES string of the molecule is O=C(N1CCN(c2ccc(F)cn2)CC1)N1CC(CF)OC2=C1C=CC(F)C2. The predicted molar refractivity (Wildman–Crippen MR) is 96.6 cm³/mol. The van der Waals surface area contributed by atoms with Crippen molar-refractivity contribution < 1.29 is 22.7 Å². The summed E-state index contributed by atoms with van der Waals surface area (Å²) in [6, 6.07) is 2.72. The van der Waals surface area contributed by atoms with Gasteiger partial charge in [-0.25, -0.2) is 22.9 Å². The van der Waals surface area contributed by atoms with Crippen LogP contribution in [0.15, 0.2) is 41.9 Å². The molecule has 28 heavy (non-hydrogen) atoms. The van der Waals surface area contributed by atoms with Crippen LogP contribution in [0.2, 0.25) is 0 Å². The lowest BCUT2D eigenvalue weighted by Crippen LogP contribution is -2.55. The van der Waals surface area contributed by atoms with Gasteiger partial charge in [-0.3, -0.25) is 4.90 Å². The van der Waals surface area contributed by atoms with Crippen LogP contribution in [0.5, 0.6) is 0 Å². The summed E-state index contributed by atoms with van der Waals surface area (Å²) in [4.78, 5) is 22.3. The molecule has 0 bridgehead atoms. The molecule has 1 aromatic rings. The van der Waals surface area contributed by atoms with Crippen LogP contribution in [-0.4, -0.2) is 72.5 Å². The van der Waals surface area contributed by atoms with E-state index in [4.69, 9.17) is 4.74 Å². The van der Waals surface area contributed by atoms with Crippen LogP contribution in [-0.2, 0) is 4.74 Å². The van der Waals surface area contributed by atoms with Crippen molar-refractivity contribution in [2.45, 2.75) is 18.7 Å². The number of ether oxygens (including phenoxy) is 1. The first-order valence-electron chi connectivity index (χ1n) is 9.26. The van der Waals surface area contributed by atoms with E-state index in [2.05, 4.69) is 4.98 Å². The summed E-state index contributed by atoms with van der Waals surface area (Å²) < 4.78 is 45.4. The number of pyridine rings is 1. The van der Waals surface area contributed by atoms with Gasteiger partial charge >= 0.3 is 6.03 Å². The van der Waals surface area contributed by atoms with Gasteiger partial charge in [0.2, 0.25) is 0 Å². The molecule has 1 aliphatic carbocycles. The fourth-order valence-corrected chi connectivity index (χ4v) is 3.64. The molecule has 0 N–H and O–H groups in total. The van der Waals surface area contributed by atoms with Gasteiger partial charge in [-0.15, -0.1) is 0 Å². The summed E-state index contributed by atoms with van der Waals surface area (Å²) in [6.45, 7) is 1.35. The first-order chi connectivity index (χ1) is 13.5. The topological polar surface area (TPSA) is 48.9 Å². The lowest BCUT2D eigenvalue weighted by atomic mass is 10.1. The molecule has 1 saturated heterocycles. The Morgan fingerprint density at radius 2 is 2.04 bits per heavy atom. The number of urea groups is 1. The molecule has 4 rings (SSSR count). The molecule has 2 amide bonds. The van der Waals surface area contributed by atoms with Gasteiger partial charge in [0.25, 0.3) is 0 Å². The molecule has 0 saturated carbocycles. The van der Waals surface area contributed by atoms with Crippen molar-refractivity contribution in [3.8, 4) is 0 Å². The number of alkyl halides is 2. The van der Waals surface area contributed by atoms with Crippen molar-refractivity contribution in [3.05, 3.63) is 47.8 Å². The molecule has 3 heterocycles. The second-order valence-corrected chi connectivity index (χ2v) is 6.98. The number of anilines is 1. The van der Waals surface area contributed by atoms with E-state index < -0.39 is 24.8 Å². The molecule has 0 radical (unpaired) electrons. The Labute approximate surface area is 160 Å². The van der Waals surface area contributed by atoms with Crippen LogP contribution in [0.25, 0.3) is 0 Å². The first kappa shape index (κ1) is 18.6. The number of allylic oxidation sites excluding steroid dienone is 3.